The van der Waals surface area contributed by atoms with Crippen molar-refractivity contribution in [1.82, 2.24) is 15.3 Å². The summed E-state index contributed by atoms with van der Waals surface area (Å²) in [5.74, 6) is 0.420. The molecule has 0 aliphatic heterocycles. The van der Waals surface area contributed by atoms with Gasteiger partial charge in [-0.3, -0.25) is 0 Å². The minimum Gasteiger partial charge on any atom is -0.304 e. The molecular formula is C14H16FN3. The SMILES string of the molecule is CCCNC(c1cccc(F)c1)c1ncccn1. The predicted molar refractivity (Wildman–Crippen MR) is 68.6 cm³/mol. The molecule has 0 fully saturated rings. The van der Waals surface area contributed by atoms with Gasteiger partial charge in [-0.15, -0.1) is 0 Å². The minimum atomic E-state index is -0.244. The lowest BCUT2D eigenvalue weighted by molar-refractivity contribution is 0.563. The second-order valence-corrected chi connectivity index (χ2v) is 4.05. The first-order valence-electron chi connectivity index (χ1n) is 6.07. The fraction of sp³-hybridized carbons (Fsp3) is 0.286. The van der Waals surface area contributed by atoms with E-state index in [1.807, 2.05) is 6.07 Å². The van der Waals surface area contributed by atoms with Gasteiger partial charge >= 0.3 is 0 Å². The molecule has 0 aliphatic rings. The fourth-order valence-electron chi connectivity index (χ4n) is 1.79. The lowest BCUT2D eigenvalue weighted by atomic mass is 10.1. The van der Waals surface area contributed by atoms with Crippen LogP contribution < -0.4 is 5.32 Å². The molecule has 0 saturated carbocycles. The van der Waals surface area contributed by atoms with Crippen molar-refractivity contribution in [3.8, 4) is 0 Å². The summed E-state index contributed by atoms with van der Waals surface area (Å²) in [6.07, 6.45) is 4.39. The molecule has 0 spiro atoms. The van der Waals surface area contributed by atoms with Crippen LogP contribution in [0.15, 0.2) is 42.7 Å². The van der Waals surface area contributed by atoms with Gasteiger partial charge in [-0.05, 0) is 36.7 Å². The summed E-state index contributed by atoms with van der Waals surface area (Å²) in [4.78, 5) is 8.48. The van der Waals surface area contributed by atoms with E-state index >= 15 is 0 Å². The van der Waals surface area contributed by atoms with Gasteiger partial charge in [-0.2, -0.15) is 0 Å². The van der Waals surface area contributed by atoms with E-state index in [4.69, 9.17) is 0 Å². The lowest BCUT2D eigenvalue weighted by Gasteiger charge is -2.17. The fourth-order valence-corrected chi connectivity index (χ4v) is 1.79. The Morgan fingerprint density at radius 1 is 1.22 bits per heavy atom. The molecule has 0 amide bonds. The highest BCUT2D eigenvalue weighted by molar-refractivity contribution is 5.25. The van der Waals surface area contributed by atoms with Crippen molar-refractivity contribution in [1.29, 1.82) is 0 Å². The maximum absolute atomic E-state index is 13.3. The van der Waals surface area contributed by atoms with Crippen molar-refractivity contribution >= 4 is 0 Å². The van der Waals surface area contributed by atoms with Crippen LogP contribution in [0.5, 0.6) is 0 Å². The summed E-state index contributed by atoms with van der Waals surface area (Å²) in [5.41, 5.74) is 0.842. The zero-order chi connectivity index (χ0) is 12.8. The van der Waals surface area contributed by atoms with Crippen LogP contribution in [0.3, 0.4) is 0 Å². The molecule has 1 N–H and O–H groups in total. The Balaban J connectivity index is 2.31. The summed E-state index contributed by atoms with van der Waals surface area (Å²) in [6, 6.07) is 8.14. The monoisotopic (exact) mass is 245 g/mol. The molecule has 2 aromatic rings. The quantitative estimate of drug-likeness (QED) is 0.880. The van der Waals surface area contributed by atoms with E-state index in [2.05, 4.69) is 22.2 Å². The van der Waals surface area contributed by atoms with E-state index in [0.717, 1.165) is 18.5 Å². The van der Waals surface area contributed by atoms with Gasteiger partial charge in [0.15, 0.2) is 0 Å². The summed E-state index contributed by atoms with van der Waals surface area (Å²) in [7, 11) is 0. The first-order valence-corrected chi connectivity index (χ1v) is 6.07. The third kappa shape index (κ3) is 3.11. The van der Waals surface area contributed by atoms with Crippen LogP contribution in [-0.4, -0.2) is 16.5 Å². The van der Waals surface area contributed by atoms with Crippen molar-refractivity contribution in [3.63, 3.8) is 0 Å². The van der Waals surface area contributed by atoms with Crippen LogP contribution in [0.1, 0.15) is 30.8 Å². The Morgan fingerprint density at radius 3 is 2.67 bits per heavy atom. The number of hydrogen-bond acceptors (Lipinski definition) is 3. The van der Waals surface area contributed by atoms with Gasteiger partial charge in [0.2, 0.25) is 0 Å². The van der Waals surface area contributed by atoms with E-state index in [1.165, 1.54) is 12.1 Å². The molecule has 1 unspecified atom stereocenters. The predicted octanol–water partition coefficient (Wildman–Crippen LogP) is 2.70. The number of nitrogens with zero attached hydrogens (tertiary/aromatic N) is 2. The molecule has 3 nitrogen and oxygen atoms in total. The van der Waals surface area contributed by atoms with Gasteiger partial charge in [0.05, 0.1) is 6.04 Å². The van der Waals surface area contributed by atoms with Gasteiger partial charge in [-0.25, -0.2) is 14.4 Å². The molecule has 4 heteroatoms. The van der Waals surface area contributed by atoms with Crippen LogP contribution in [0.4, 0.5) is 4.39 Å². The standard InChI is InChI=1S/C14H16FN3/c1-2-7-16-13(14-17-8-4-9-18-14)11-5-3-6-12(15)10-11/h3-6,8-10,13,16H,2,7H2,1H3. The summed E-state index contributed by atoms with van der Waals surface area (Å²) >= 11 is 0. The Bertz CT molecular complexity index is 487. The summed E-state index contributed by atoms with van der Waals surface area (Å²) in [6.45, 7) is 2.92. The molecular weight excluding hydrogens is 229 g/mol. The molecule has 1 heterocycles. The maximum atomic E-state index is 13.3. The van der Waals surface area contributed by atoms with Crippen molar-refractivity contribution in [2.24, 2.45) is 0 Å². The van der Waals surface area contributed by atoms with Crippen molar-refractivity contribution in [3.05, 3.63) is 59.9 Å². The van der Waals surface area contributed by atoms with E-state index in [0.29, 0.717) is 5.82 Å². The maximum Gasteiger partial charge on any atom is 0.149 e. The molecule has 2 rings (SSSR count). The van der Waals surface area contributed by atoms with E-state index in [-0.39, 0.29) is 11.9 Å². The van der Waals surface area contributed by atoms with E-state index in [1.54, 1.807) is 24.5 Å². The largest absolute Gasteiger partial charge is 0.304 e. The van der Waals surface area contributed by atoms with Crippen molar-refractivity contribution in [2.45, 2.75) is 19.4 Å². The summed E-state index contributed by atoms with van der Waals surface area (Å²) in [5, 5.41) is 3.34. The zero-order valence-corrected chi connectivity index (χ0v) is 10.3. The molecule has 18 heavy (non-hydrogen) atoms. The zero-order valence-electron chi connectivity index (χ0n) is 10.3. The summed E-state index contributed by atoms with van der Waals surface area (Å²) < 4.78 is 13.3. The number of aromatic nitrogens is 2. The van der Waals surface area contributed by atoms with Gasteiger partial charge in [0, 0.05) is 12.4 Å². The number of halogens is 1. The Hall–Kier alpha value is -1.81. The topological polar surface area (TPSA) is 37.8 Å². The molecule has 94 valence electrons. The first-order chi connectivity index (χ1) is 8.81. The number of hydrogen-bond donors (Lipinski definition) is 1. The van der Waals surface area contributed by atoms with Crippen LogP contribution in [0.2, 0.25) is 0 Å². The van der Waals surface area contributed by atoms with Crippen LogP contribution in [0, 0.1) is 5.82 Å². The molecule has 1 aromatic carbocycles. The first kappa shape index (κ1) is 12.6. The third-order valence-electron chi connectivity index (χ3n) is 2.62. The number of nitrogens with one attached hydrogen (secondary N) is 1. The Morgan fingerprint density at radius 2 is 2.00 bits per heavy atom. The second-order valence-electron chi connectivity index (χ2n) is 4.05. The van der Waals surface area contributed by atoms with Gasteiger partial charge in [0.25, 0.3) is 0 Å². The molecule has 0 radical (unpaired) electrons. The van der Waals surface area contributed by atoms with Crippen LogP contribution in [-0.2, 0) is 0 Å². The average molecular weight is 245 g/mol. The molecule has 1 atom stereocenters. The lowest BCUT2D eigenvalue weighted by Crippen LogP contribution is -2.25. The van der Waals surface area contributed by atoms with Crippen molar-refractivity contribution < 1.29 is 4.39 Å². The van der Waals surface area contributed by atoms with Gasteiger partial charge in [0.1, 0.15) is 11.6 Å². The van der Waals surface area contributed by atoms with Crippen LogP contribution >= 0.6 is 0 Å². The highest BCUT2D eigenvalue weighted by atomic mass is 19.1. The molecule has 0 bridgehead atoms. The highest BCUT2D eigenvalue weighted by Gasteiger charge is 2.15. The minimum absolute atomic E-state index is 0.165. The van der Waals surface area contributed by atoms with Gasteiger partial charge < -0.3 is 5.32 Å². The Kier molecular flexibility index (Phi) is 4.36. The molecule has 1 aromatic heterocycles. The number of benzene rings is 1. The van der Waals surface area contributed by atoms with Gasteiger partial charge in [-0.1, -0.05) is 19.1 Å². The van der Waals surface area contributed by atoms with E-state index in [9.17, 15) is 4.39 Å². The Labute approximate surface area is 106 Å². The van der Waals surface area contributed by atoms with Crippen LogP contribution in [0.25, 0.3) is 0 Å². The van der Waals surface area contributed by atoms with E-state index < -0.39 is 0 Å². The molecule has 0 aliphatic carbocycles. The number of rotatable bonds is 5. The average Bonchev–Trinajstić information content (AvgIpc) is 2.40. The third-order valence-corrected chi connectivity index (χ3v) is 2.62. The normalized spacial score (nSPS) is 12.3. The highest BCUT2D eigenvalue weighted by Crippen LogP contribution is 2.19. The molecule has 0 saturated heterocycles. The van der Waals surface area contributed by atoms with Crippen molar-refractivity contribution in [2.75, 3.05) is 6.54 Å². The smallest absolute Gasteiger partial charge is 0.149 e. The second kappa shape index (κ2) is 6.21.